The average Bonchev–Trinajstić information content (AvgIpc) is 2.71. The molecule has 0 radical (unpaired) electrons. The van der Waals surface area contributed by atoms with Crippen molar-refractivity contribution in [3.63, 3.8) is 0 Å². The Balaban J connectivity index is 0.00000120. The third-order valence-electron chi connectivity index (χ3n) is 4.45. The summed E-state index contributed by atoms with van der Waals surface area (Å²) in [7, 11) is 0. The van der Waals surface area contributed by atoms with Crippen molar-refractivity contribution >= 4 is 12.4 Å². The summed E-state index contributed by atoms with van der Waals surface area (Å²) < 4.78 is 0. The molecule has 1 fully saturated rings. The van der Waals surface area contributed by atoms with Gasteiger partial charge in [-0.2, -0.15) is 0 Å². The first kappa shape index (κ1) is 13.7. The molecule has 1 heterocycles. The van der Waals surface area contributed by atoms with Crippen molar-refractivity contribution in [3.05, 3.63) is 29.3 Å². The Hall–Kier alpha value is -0.730. The van der Waals surface area contributed by atoms with Crippen LogP contribution in [0.25, 0.3) is 0 Å². The van der Waals surface area contributed by atoms with Crippen molar-refractivity contribution in [3.8, 4) is 5.75 Å². The molecule has 0 aromatic heterocycles. The van der Waals surface area contributed by atoms with Gasteiger partial charge in [0.1, 0.15) is 5.75 Å². The summed E-state index contributed by atoms with van der Waals surface area (Å²) in [6, 6.07) is 6.73. The lowest BCUT2D eigenvalue weighted by Gasteiger charge is -2.33. The molecule has 0 saturated carbocycles. The Labute approximate surface area is 115 Å². The van der Waals surface area contributed by atoms with Gasteiger partial charge in [0.15, 0.2) is 0 Å². The molecule has 0 spiro atoms. The van der Waals surface area contributed by atoms with Crippen LogP contribution in [-0.2, 0) is 12.8 Å². The van der Waals surface area contributed by atoms with Crippen LogP contribution in [-0.4, -0.2) is 29.1 Å². The fourth-order valence-electron chi connectivity index (χ4n) is 3.62. The molecule has 3 rings (SSSR count). The number of aromatic hydroxyl groups is 1. The Morgan fingerprint density at radius 2 is 2.17 bits per heavy atom. The molecule has 3 heteroatoms. The second-order valence-electron chi connectivity index (χ2n) is 5.48. The van der Waals surface area contributed by atoms with Gasteiger partial charge in [-0.3, -0.25) is 4.90 Å². The van der Waals surface area contributed by atoms with E-state index in [0.717, 1.165) is 24.8 Å². The van der Waals surface area contributed by atoms with E-state index in [2.05, 4.69) is 17.9 Å². The molecule has 2 atom stereocenters. The summed E-state index contributed by atoms with van der Waals surface area (Å²) in [4.78, 5) is 2.65. The van der Waals surface area contributed by atoms with Crippen molar-refractivity contribution in [1.29, 1.82) is 0 Å². The maximum absolute atomic E-state index is 9.93. The van der Waals surface area contributed by atoms with Gasteiger partial charge in [-0.05, 0) is 61.9 Å². The molecule has 1 aliphatic heterocycles. The average molecular weight is 268 g/mol. The standard InChI is InChI=1S/C15H21NO.ClH/c1-2-7-16-8-6-12-9-13-11(10-14(12)16)4-3-5-15(13)17;/h3-5,12,14,17H,2,6-10H2,1H3;1H/t12-,14+;/m1./s1. The number of hydrogen-bond donors (Lipinski definition) is 1. The SMILES string of the molecule is CCCN1CC[C@@H]2Cc3c(O)cccc3C[C@@H]21.Cl. The molecular formula is C15H22ClNO. The van der Waals surface area contributed by atoms with E-state index in [1.165, 1.54) is 37.1 Å². The van der Waals surface area contributed by atoms with Gasteiger partial charge in [-0.15, -0.1) is 12.4 Å². The second-order valence-corrected chi connectivity index (χ2v) is 5.48. The maximum Gasteiger partial charge on any atom is 0.119 e. The smallest absolute Gasteiger partial charge is 0.119 e. The number of halogens is 1. The van der Waals surface area contributed by atoms with Crippen LogP contribution >= 0.6 is 12.4 Å². The number of benzene rings is 1. The van der Waals surface area contributed by atoms with E-state index in [1.807, 2.05) is 12.1 Å². The molecule has 18 heavy (non-hydrogen) atoms. The van der Waals surface area contributed by atoms with Crippen LogP contribution in [0.2, 0.25) is 0 Å². The van der Waals surface area contributed by atoms with E-state index in [9.17, 15) is 5.11 Å². The summed E-state index contributed by atoms with van der Waals surface area (Å²) >= 11 is 0. The Morgan fingerprint density at radius 1 is 1.33 bits per heavy atom. The van der Waals surface area contributed by atoms with E-state index in [0.29, 0.717) is 5.75 Å². The van der Waals surface area contributed by atoms with Crippen LogP contribution in [0.1, 0.15) is 30.9 Å². The Bertz CT molecular complexity index is 421. The van der Waals surface area contributed by atoms with E-state index < -0.39 is 0 Å². The van der Waals surface area contributed by atoms with Crippen molar-refractivity contribution < 1.29 is 5.11 Å². The van der Waals surface area contributed by atoms with Gasteiger partial charge in [0.25, 0.3) is 0 Å². The first-order valence-corrected chi connectivity index (χ1v) is 6.83. The molecular weight excluding hydrogens is 246 g/mol. The third-order valence-corrected chi connectivity index (χ3v) is 4.45. The van der Waals surface area contributed by atoms with Gasteiger partial charge in [-0.25, -0.2) is 0 Å². The van der Waals surface area contributed by atoms with Gasteiger partial charge in [0.2, 0.25) is 0 Å². The van der Waals surface area contributed by atoms with Gasteiger partial charge >= 0.3 is 0 Å². The molecule has 1 N–H and O–H groups in total. The van der Waals surface area contributed by atoms with Crippen molar-refractivity contribution in [1.82, 2.24) is 4.90 Å². The van der Waals surface area contributed by atoms with Crippen LogP contribution in [0.3, 0.4) is 0 Å². The van der Waals surface area contributed by atoms with Crippen LogP contribution in [0.15, 0.2) is 18.2 Å². The first-order chi connectivity index (χ1) is 8.29. The summed E-state index contributed by atoms with van der Waals surface area (Å²) in [5.41, 5.74) is 2.58. The molecule has 1 saturated heterocycles. The summed E-state index contributed by atoms with van der Waals surface area (Å²) in [6.45, 7) is 4.74. The Morgan fingerprint density at radius 3 is 2.94 bits per heavy atom. The minimum atomic E-state index is 0. The molecule has 2 nitrogen and oxygen atoms in total. The monoisotopic (exact) mass is 267 g/mol. The molecule has 1 aromatic carbocycles. The molecule has 0 bridgehead atoms. The normalized spacial score (nSPS) is 26.3. The number of likely N-dealkylation sites (tertiary alicyclic amines) is 1. The highest BCUT2D eigenvalue weighted by Crippen LogP contribution is 2.38. The molecule has 2 aliphatic rings. The second kappa shape index (κ2) is 5.50. The summed E-state index contributed by atoms with van der Waals surface area (Å²) in [6.07, 6.45) is 4.76. The molecule has 1 aliphatic carbocycles. The van der Waals surface area contributed by atoms with E-state index in [-0.39, 0.29) is 12.4 Å². The Kier molecular flexibility index (Phi) is 4.18. The minimum absolute atomic E-state index is 0. The largest absolute Gasteiger partial charge is 0.508 e. The number of fused-ring (bicyclic) bond motifs is 2. The highest BCUT2D eigenvalue weighted by Gasteiger charge is 2.37. The van der Waals surface area contributed by atoms with Crippen LogP contribution in [0.4, 0.5) is 0 Å². The van der Waals surface area contributed by atoms with Crippen molar-refractivity contribution in [2.24, 2.45) is 5.92 Å². The van der Waals surface area contributed by atoms with E-state index >= 15 is 0 Å². The van der Waals surface area contributed by atoms with Gasteiger partial charge < -0.3 is 5.11 Å². The fraction of sp³-hybridized carbons (Fsp3) is 0.600. The number of hydrogen-bond acceptors (Lipinski definition) is 2. The van der Waals surface area contributed by atoms with Crippen LogP contribution < -0.4 is 0 Å². The quantitative estimate of drug-likeness (QED) is 0.890. The van der Waals surface area contributed by atoms with Crippen LogP contribution in [0.5, 0.6) is 5.75 Å². The zero-order chi connectivity index (χ0) is 11.8. The third kappa shape index (κ3) is 2.24. The van der Waals surface area contributed by atoms with Crippen molar-refractivity contribution in [2.45, 2.75) is 38.6 Å². The lowest BCUT2D eigenvalue weighted by Crippen LogP contribution is -2.38. The highest BCUT2D eigenvalue weighted by atomic mass is 35.5. The van der Waals surface area contributed by atoms with E-state index in [4.69, 9.17) is 0 Å². The van der Waals surface area contributed by atoms with Gasteiger partial charge in [-0.1, -0.05) is 19.1 Å². The van der Waals surface area contributed by atoms with Crippen LogP contribution in [0, 0.1) is 5.92 Å². The summed E-state index contributed by atoms with van der Waals surface area (Å²) in [5, 5.41) is 9.93. The molecule has 0 amide bonds. The number of rotatable bonds is 2. The fourth-order valence-corrected chi connectivity index (χ4v) is 3.62. The number of phenolic OH excluding ortho intramolecular Hbond substituents is 1. The number of phenols is 1. The topological polar surface area (TPSA) is 23.5 Å². The van der Waals surface area contributed by atoms with E-state index in [1.54, 1.807) is 0 Å². The molecule has 100 valence electrons. The van der Waals surface area contributed by atoms with Gasteiger partial charge in [0, 0.05) is 6.04 Å². The maximum atomic E-state index is 9.93. The molecule has 1 aromatic rings. The first-order valence-electron chi connectivity index (χ1n) is 6.83. The minimum Gasteiger partial charge on any atom is -0.508 e. The summed E-state index contributed by atoms with van der Waals surface area (Å²) in [5.74, 6) is 1.28. The van der Waals surface area contributed by atoms with Crippen molar-refractivity contribution in [2.75, 3.05) is 13.1 Å². The predicted octanol–water partition coefficient (Wildman–Crippen LogP) is 3.01. The zero-order valence-electron chi connectivity index (χ0n) is 10.9. The predicted molar refractivity (Wildman–Crippen MR) is 76.5 cm³/mol. The lowest BCUT2D eigenvalue weighted by molar-refractivity contribution is 0.215. The van der Waals surface area contributed by atoms with Gasteiger partial charge in [0.05, 0.1) is 0 Å². The highest BCUT2D eigenvalue weighted by molar-refractivity contribution is 5.85. The zero-order valence-corrected chi connectivity index (χ0v) is 11.7. The number of nitrogens with zero attached hydrogens (tertiary/aromatic N) is 1. The molecule has 0 unspecified atom stereocenters. The lowest BCUT2D eigenvalue weighted by atomic mass is 9.80.